The summed E-state index contributed by atoms with van der Waals surface area (Å²) in [6.45, 7) is 0. The minimum Gasteiger partial charge on any atom is -0.322 e. The molecule has 1 amide bonds. The summed E-state index contributed by atoms with van der Waals surface area (Å²) in [5.41, 5.74) is 0.421. The van der Waals surface area contributed by atoms with Gasteiger partial charge in [0.1, 0.15) is 0 Å². The number of nitrogens with one attached hydrogen (secondary N) is 1. The van der Waals surface area contributed by atoms with Crippen molar-refractivity contribution < 1.29 is 9.72 Å². The summed E-state index contributed by atoms with van der Waals surface area (Å²) in [4.78, 5) is 25.8. The number of benzene rings is 1. The lowest BCUT2D eigenvalue weighted by molar-refractivity contribution is -0.384. The van der Waals surface area contributed by atoms with Gasteiger partial charge in [0, 0.05) is 30.2 Å². The van der Waals surface area contributed by atoms with Crippen LogP contribution < -0.4 is 5.32 Å². The SMILES string of the molecule is O=C(Nc1cccc([N+](=O)[O-])c1)c1cnccc1Cl. The number of pyridine rings is 1. The second-order valence-corrected chi connectivity index (χ2v) is 4.02. The predicted octanol–water partition coefficient (Wildman–Crippen LogP) is 2.90. The van der Waals surface area contributed by atoms with Crippen molar-refractivity contribution in [3.8, 4) is 0 Å². The van der Waals surface area contributed by atoms with Gasteiger partial charge in [-0.15, -0.1) is 0 Å². The number of hydrogen-bond donors (Lipinski definition) is 1. The molecule has 0 aliphatic rings. The molecule has 1 heterocycles. The summed E-state index contributed by atoms with van der Waals surface area (Å²) >= 11 is 5.86. The van der Waals surface area contributed by atoms with E-state index in [-0.39, 0.29) is 16.3 Å². The van der Waals surface area contributed by atoms with Crippen molar-refractivity contribution >= 4 is 28.9 Å². The first-order valence-corrected chi connectivity index (χ1v) is 5.61. The standard InChI is InChI=1S/C12H8ClN3O3/c13-11-4-5-14-7-10(11)12(17)15-8-2-1-3-9(6-8)16(18)19/h1-7H,(H,15,17). The number of rotatable bonds is 3. The van der Waals surface area contributed by atoms with Gasteiger partial charge in [-0.05, 0) is 12.1 Å². The van der Waals surface area contributed by atoms with Crippen LogP contribution in [-0.4, -0.2) is 15.8 Å². The quantitative estimate of drug-likeness (QED) is 0.690. The fourth-order valence-electron chi connectivity index (χ4n) is 1.44. The Bertz CT molecular complexity index is 646. The Kier molecular flexibility index (Phi) is 3.72. The summed E-state index contributed by atoms with van der Waals surface area (Å²) in [7, 11) is 0. The molecule has 0 unspecified atom stereocenters. The lowest BCUT2D eigenvalue weighted by Gasteiger charge is -2.05. The molecule has 96 valence electrons. The Morgan fingerprint density at radius 1 is 1.37 bits per heavy atom. The lowest BCUT2D eigenvalue weighted by Crippen LogP contribution is -2.12. The number of carbonyl (C=O) groups is 1. The van der Waals surface area contributed by atoms with E-state index in [1.165, 1.54) is 36.7 Å². The van der Waals surface area contributed by atoms with Crippen molar-refractivity contribution in [1.82, 2.24) is 4.98 Å². The number of non-ortho nitro benzene ring substituents is 1. The van der Waals surface area contributed by atoms with Crippen LogP contribution in [0.15, 0.2) is 42.7 Å². The van der Waals surface area contributed by atoms with E-state index in [0.717, 1.165) is 0 Å². The number of aromatic nitrogens is 1. The number of anilines is 1. The number of halogens is 1. The van der Waals surface area contributed by atoms with Gasteiger partial charge in [0.15, 0.2) is 0 Å². The highest BCUT2D eigenvalue weighted by Gasteiger charge is 2.12. The number of carbonyl (C=O) groups excluding carboxylic acids is 1. The third kappa shape index (κ3) is 3.05. The fourth-order valence-corrected chi connectivity index (χ4v) is 1.63. The van der Waals surface area contributed by atoms with Gasteiger partial charge in [-0.2, -0.15) is 0 Å². The Morgan fingerprint density at radius 2 is 2.16 bits per heavy atom. The van der Waals surface area contributed by atoms with Crippen molar-refractivity contribution in [1.29, 1.82) is 0 Å². The van der Waals surface area contributed by atoms with Gasteiger partial charge in [0.05, 0.1) is 15.5 Å². The molecule has 1 N–H and O–H groups in total. The zero-order valence-electron chi connectivity index (χ0n) is 9.54. The third-order valence-corrected chi connectivity index (χ3v) is 2.66. The highest BCUT2D eigenvalue weighted by Crippen LogP contribution is 2.19. The lowest BCUT2D eigenvalue weighted by atomic mass is 10.2. The number of nitrogens with zero attached hydrogens (tertiary/aromatic N) is 2. The van der Waals surface area contributed by atoms with Crippen LogP contribution in [-0.2, 0) is 0 Å². The minimum absolute atomic E-state index is 0.102. The minimum atomic E-state index is -0.535. The molecule has 0 bridgehead atoms. The first-order chi connectivity index (χ1) is 9.08. The van der Waals surface area contributed by atoms with Crippen LogP contribution in [0, 0.1) is 10.1 Å². The second kappa shape index (κ2) is 5.45. The average Bonchev–Trinajstić information content (AvgIpc) is 2.39. The van der Waals surface area contributed by atoms with Crippen molar-refractivity contribution in [3.63, 3.8) is 0 Å². The topological polar surface area (TPSA) is 85.1 Å². The molecule has 0 spiro atoms. The van der Waals surface area contributed by atoms with E-state index in [9.17, 15) is 14.9 Å². The zero-order chi connectivity index (χ0) is 13.8. The molecule has 1 aromatic heterocycles. The maximum absolute atomic E-state index is 11.9. The van der Waals surface area contributed by atoms with Gasteiger partial charge in [-0.25, -0.2) is 0 Å². The van der Waals surface area contributed by atoms with E-state index in [1.54, 1.807) is 6.07 Å². The summed E-state index contributed by atoms with van der Waals surface area (Å²) in [5.74, 6) is -0.474. The largest absolute Gasteiger partial charge is 0.322 e. The fraction of sp³-hybridized carbons (Fsp3) is 0. The summed E-state index contributed by atoms with van der Waals surface area (Å²) in [5, 5.41) is 13.4. The molecule has 1 aromatic carbocycles. The predicted molar refractivity (Wildman–Crippen MR) is 70.3 cm³/mol. The number of nitro groups is 1. The molecule has 0 radical (unpaired) electrons. The third-order valence-electron chi connectivity index (χ3n) is 2.33. The number of hydrogen-bond acceptors (Lipinski definition) is 4. The first kappa shape index (κ1) is 13.0. The van der Waals surface area contributed by atoms with Gasteiger partial charge < -0.3 is 5.32 Å². The summed E-state index contributed by atoms with van der Waals surface area (Å²) < 4.78 is 0. The number of amides is 1. The van der Waals surface area contributed by atoms with Crippen LogP contribution in [0.5, 0.6) is 0 Å². The van der Waals surface area contributed by atoms with Crippen LogP contribution in [0.25, 0.3) is 0 Å². The van der Waals surface area contributed by atoms with Gasteiger partial charge in [0.2, 0.25) is 0 Å². The first-order valence-electron chi connectivity index (χ1n) is 5.23. The molecule has 0 aliphatic heterocycles. The van der Waals surface area contributed by atoms with Crippen LogP contribution in [0.2, 0.25) is 5.02 Å². The molecule has 0 saturated carbocycles. The Labute approximate surface area is 113 Å². The molecule has 0 saturated heterocycles. The van der Waals surface area contributed by atoms with E-state index in [1.807, 2.05) is 0 Å². The molecule has 19 heavy (non-hydrogen) atoms. The van der Waals surface area contributed by atoms with E-state index in [4.69, 9.17) is 11.6 Å². The molecule has 7 heteroatoms. The summed E-state index contributed by atoms with van der Waals surface area (Å²) in [6.07, 6.45) is 2.79. The van der Waals surface area contributed by atoms with Crippen molar-refractivity contribution in [2.45, 2.75) is 0 Å². The van der Waals surface area contributed by atoms with Gasteiger partial charge in [-0.3, -0.25) is 19.9 Å². The smallest absolute Gasteiger partial charge is 0.271 e. The molecule has 0 atom stereocenters. The van der Waals surface area contributed by atoms with Gasteiger partial charge in [0.25, 0.3) is 11.6 Å². The monoisotopic (exact) mass is 277 g/mol. The van der Waals surface area contributed by atoms with Crippen molar-refractivity contribution in [3.05, 3.63) is 63.4 Å². The van der Waals surface area contributed by atoms with Crippen LogP contribution in [0.4, 0.5) is 11.4 Å². The molecular formula is C12H8ClN3O3. The van der Waals surface area contributed by atoms with Crippen LogP contribution in [0.3, 0.4) is 0 Å². The Hall–Kier alpha value is -2.47. The molecule has 0 fully saturated rings. The van der Waals surface area contributed by atoms with Gasteiger partial charge in [-0.1, -0.05) is 17.7 Å². The zero-order valence-corrected chi connectivity index (χ0v) is 10.3. The van der Waals surface area contributed by atoms with Crippen LogP contribution in [0.1, 0.15) is 10.4 Å². The number of nitro benzene ring substituents is 1. The van der Waals surface area contributed by atoms with Crippen molar-refractivity contribution in [2.24, 2.45) is 0 Å². The average molecular weight is 278 g/mol. The van der Waals surface area contributed by atoms with E-state index in [2.05, 4.69) is 10.3 Å². The van der Waals surface area contributed by atoms with Gasteiger partial charge >= 0.3 is 0 Å². The Balaban J connectivity index is 2.22. The molecular weight excluding hydrogens is 270 g/mol. The summed E-state index contributed by atoms with van der Waals surface area (Å²) in [6, 6.07) is 7.13. The molecule has 0 aliphatic carbocycles. The van der Waals surface area contributed by atoms with E-state index >= 15 is 0 Å². The normalized spacial score (nSPS) is 9.95. The maximum atomic E-state index is 11.9. The van der Waals surface area contributed by atoms with E-state index < -0.39 is 10.8 Å². The van der Waals surface area contributed by atoms with Crippen LogP contribution >= 0.6 is 11.6 Å². The molecule has 2 aromatic rings. The maximum Gasteiger partial charge on any atom is 0.271 e. The highest BCUT2D eigenvalue weighted by molar-refractivity contribution is 6.34. The Morgan fingerprint density at radius 3 is 2.84 bits per heavy atom. The second-order valence-electron chi connectivity index (χ2n) is 3.62. The highest BCUT2D eigenvalue weighted by atomic mass is 35.5. The van der Waals surface area contributed by atoms with Crippen molar-refractivity contribution in [2.75, 3.05) is 5.32 Å². The molecule has 6 nitrogen and oxygen atoms in total. The molecule has 2 rings (SSSR count). The van der Waals surface area contributed by atoms with E-state index in [0.29, 0.717) is 5.69 Å².